The predicted molar refractivity (Wildman–Crippen MR) is 83.8 cm³/mol. The number of aliphatic hydroxyl groups is 1. The molecule has 1 aliphatic rings. The molecular formula is C17H18ClNO2. The summed E-state index contributed by atoms with van der Waals surface area (Å²) in [5.41, 5.74) is 8.76. The van der Waals surface area contributed by atoms with E-state index in [1.54, 1.807) is 0 Å². The normalized spacial score (nSPS) is 16.1. The lowest BCUT2D eigenvalue weighted by molar-refractivity contribution is 0.147. The largest absolute Gasteiger partial charge is 0.493 e. The molecule has 2 aromatic rings. The summed E-state index contributed by atoms with van der Waals surface area (Å²) in [6.07, 6.45) is 0.204. The van der Waals surface area contributed by atoms with Crippen LogP contribution in [0, 0.1) is 0 Å². The summed E-state index contributed by atoms with van der Waals surface area (Å²) in [4.78, 5) is 0. The third-order valence-corrected chi connectivity index (χ3v) is 4.34. The van der Waals surface area contributed by atoms with Gasteiger partial charge < -0.3 is 15.6 Å². The highest BCUT2D eigenvalue weighted by atomic mass is 35.5. The molecule has 0 saturated heterocycles. The first-order valence-electron chi connectivity index (χ1n) is 7.09. The third-order valence-electron chi connectivity index (χ3n) is 3.99. The van der Waals surface area contributed by atoms with Gasteiger partial charge in [-0.3, -0.25) is 0 Å². The summed E-state index contributed by atoms with van der Waals surface area (Å²) in [5, 5.41) is 11.3. The van der Waals surface area contributed by atoms with Gasteiger partial charge in [0.15, 0.2) is 0 Å². The molecule has 0 amide bonds. The van der Waals surface area contributed by atoms with Gasteiger partial charge in [0, 0.05) is 23.9 Å². The van der Waals surface area contributed by atoms with E-state index in [4.69, 9.17) is 22.1 Å². The molecule has 0 bridgehead atoms. The molecule has 1 aliphatic heterocycles. The zero-order valence-corrected chi connectivity index (χ0v) is 12.4. The van der Waals surface area contributed by atoms with Gasteiger partial charge in [-0.1, -0.05) is 35.9 Å². The summed E-state index contributed by atoms with van der Waals surface area (Å²) >= 11 is 6.24. The van der Waals surface area contributed by atoms with Gasteiger partial charge in [-0.2, -0.15) is 0 Å². The van der Waals surface area contributed by atoms with Crippen LogP contribution in [-0.2, 0) is 6.42 Å². The topological polar surface area (TPSA) is 55.5 Å². The number of halogens is 1. The second kappa shape index (κ2) is 6.06. The lowest BCUT2D eigenvalue weighted by atomic mass is 9.88. The highest BCUT2D eigenvalue weighted by Gasteiger charge is 2.24. The van der Waals surface area contributed by atoms with Crippen LogP contribution >= 0.6 is 11.6 Å². The Morgan fingerprint density at radius 3 is 2.81 bits per heavy atom. The maximum absolute atomic E-state index is 10.7. The van der Waals surface area contributed by atoms with Crippen LogP contribution < -0.4 is 10.5 Å². The molecule has 2 unspecified atom stereocenters. The second-order valence-electron chi connectivity index (χ2n) is 5.27. The lowest BCUT2D eigenvalue weighted by Gasteiger charge is -2.23. The number of hydrogen-bond acceptors (Lipinski definition) is 3. The monoisotopic (exact) mass is 303 g/mol. The van der Waals surface area contributed by atoms with Crippen LogP contribution in [0.15, 0.2) is 42.5 Å². The fourth-order valence-corrected chi connectivity index (χ4v) is 3.10. The average Bonchev–Trinajstić information content (AvgIpc) is 2.97. The molecule has 0 spiro atoms. The molecule has 0 fully saturated rings. The minimum Gasteiger partial charge on any atom is -0.493 e. The average molecular weight is 304 g/mol. The van der Waals surface area contributed by atoms with Crippen LogP contribution in [-0.4, -0.2) is 18.3 Å². The molecule has 3 N–H and O–H groups in total. The molecule has 110 valence electrons. The van der Waals surface area contributed by atoms with E-state index in [0.717, 1.165) is 28.9 Å². The number of fused-ring (bicyclic) bond motifs is 1. The number of ether oxygens (including phenoxy) is 1. The Balaban J connectivity index is 1.92. The van der Waals surface area contributed by atoms with Crippen molar-refractivity contribution in [3.05, 3.63) is 64.2 Å². The van der Waals surface area contributed by atoms with Gasteiger partial charge in [0.2, 0.25) is 0 Å². The summed E-state index contributed by atoms with van der Waals surface area (Å²) in [5.74, 6) is 0.687. The van der Waals surface area contributed by atoms with E-state index < -0.39 is 6.10 Å². The van der Waals surface area contributed by atoms with E-state index in [0.29, 0.717) is 18.2 Å². The van der Waals surface area contributed by atoms with Crippen LogP contribution in [0.1, 0.15) is 28.7 Å². The number of hydrogen-bond donors (Lipinski definition) is 2. The Morgan fingerprint density at radius 1 is 1.24 bits per heavy atom. The van der Waals surface area contributed by atoms with Crippen molar-refractivity contribution in [3.8, 4) is 5.75 Å². The van der Waals surface area contributed by atoms with E-state index >= 15 is 0 Å². The Kier molecular flexibility index (Phi) is 4.15. The molecule has 1 heterocycles. The van der Waals surface area contributed by atoms with Gasteiger partial charge in [-0.15, -0.1) is 0 Å². The van der Waals surface area contributed by atoms with E-state index in [-0.39, 0.29) is 5.92 Å². The predicted octanol–water partition coefficient (Wildman–Crippen LogP) is 3.05. The molecule has 0 aromatic heterocycles. The minimum absolute atomic E-state index is 0.223. The van der Waals surface area contributed by atoms with Crippen molar-refractivity contribution >= 4 is 11.6 Å². The van der Waals surface area contributed by atoms with Crippen LogP contribution in [0.5, 0.6) is 5.75 Å². The molecule has 0 radical (unpaired) electrons. The number of aliphatic hydroxyl groups excluding tert-OH is 1. The van der Waals surface area contributed by atoms with E-state index in [1.165, 1.54) is 0 Å². The van der Waals surface area contributed by atoms with Gasteiger partial charge in [0.25, 0.3) is 0 Å². The van der Waals surface area contributed by atoms with Crippen LogP contribution in [0.2, 0.25) is 5.02 Å². The maximum Gasteiger partial charge on any atom is 0.122 e. The molecule has 3 rings (SSSR count). The zero-order chi connectivity index (χ0) is 14.8. The van der Waals surface area contributed by atoms with Crippen molar-refractivity contribution in [2.45, 2.75) is 18.4 Å². The first kappa shape index (κ1) is 14.4. The van der Waals surface area contributed by atoms with Crippen LogP contribution in [0.25, 0.3) is 0 Å². The van der Waals surface area contributed by atoms with Crippen molar-refractivity contribution < 1.29 is 9.84 Å². The third kappa shape index (κ3) is 2.77. The lowest BCUT2D eigenvalue weighted by Crippen LogP contribution is -2.20. The molecular weight excluding hydrogens is 286 g/mol. The molecule has 4 heteroatoms. The summed E-state index contributed by atoms with van der Waals surface area (Å²) in [6.45, 7) is 1.04. The summed E-state index contributed by atoms with van der Waals surface area (Å²) < 4.78 is 5.50. The maximum atomic E-state index is 10.7. The zero-order valence-electron chi connectivity index (χ0n) is 11.6. The van der Waals surface area contributed by atoms with Crippen molar-refractivity contribution in [2.75, 3.05) is 13.2 Å². The molecule has 2 aromatic carbocycles. The van der Waals surface area contributed by atoms with Gasteiger partial charge in [-0.25, -0.2) is 0 Å². The molecule has 3 nitrogen and oxygen atoms in total. The quantitative estimate of drug-likeness (QED) is 0.913. The number of nitrogens with two attached hydrogens (primary N) is 1. The smallest absolute Gasteiger partial charge is 0.122 e. The van der Waals surface area contributed by atoms with E-state index in [2.05, 4.69) is 0 Å². The van der Waals surface area contributed by atoms with Gasteiger partial charge in [-0.05, 0) is 34.9 Å². The second-order valence-corrected chi connectivity index (χ2v) is 5.68. The van der Waals surface area contributed by atoms with Crippen molar-refractivity contribution in [1.82, 2.24) is 0 Å². The highest BCUT2D eigenvalue weighted by molar-refractivity contribution is 6.31. The molecule has 0 aliphatic carbocycles. The van der Waals surface area contributed by atoms with E-state index in [1.807, 2.05) is 42.5 Å². The Labute approximate surface area is 129 Å². The summed E-state index contributed by atoms with van der Waals surface area (Å²) in [6, 6.07) is 13.3. The van der Waals surface area contributed by atoms with Gasteiger partial charge in [0.05, 0.1) is 12.7 Å². The fourth-order valence-electron chi connectivity index (χ4n) is 2.82. The van der Waals surface area contributed by atoms with Crippen LogP contribution in [0.3, 0.4) is 0 Å². The number of rotatable bonds is 4. The first-order valence-corrected chi connectivity index (χ1v) is 7.46. The van der Waals surface area contributed by atoms with Crippen molar-refractivity contribution in [1.29, 1.82) is 0 Å². The molecule has 21 heavy (non-hydrogen) atoms. The summed E-state index contributed by atoms with van der Waals surface area (Å²) in [7, 11) is 0. The van der Waals surface area contributed by atoms with Gasteiger partial charge >= 0.3 is 0 Å². The van der Waals surface area contributed by atoms with Crippen LogP contribution in [0.4, 0.5) is 0 Å². The minimum atomic E-state index is -0.680. The Hall–Kier alpha value is -1.55. The Morgan fingerprint density at radius 2 is 2.05 bits per heavy atom. The number of benzene rings is 2. The van der Waals surface area contributed by atoms with Crippen molar-refractivity contribution in [3.63, 3.8) is 0 Å². The fraction of sp³-hybridized carbons (Fsp3) is 0.294. The van der Waals surface area contributed by atoms with E-state index in [9.17, 15) is 5.11 Å². The van der Waals surface area contributed by atoms with Crippen molar-refractivity contribution in [2.24, 2.45) is 5.73 Å². The SMILES string of the molecule is NCC(c1ccccc1Cl)C(O)c1ccc2c(c1)CCO2. The molecule has 2 atom stereocenters. The highest BCUT2D eigenvalue weighted by Crippen LogP contribution is 2.36. The molecule has 0 saturated carbocycles. The van der Waals surface area contributed by atoms with Gasteiger partial charge in [0.1, 0.15) is 5.75 Å². The standard InChI is InChI=1S/C17H18ClNO2/c18-15-4-2-1-3-13(15)14(10-19)17(20)12-5-6-16-11(9-12)7-8-21-16/h1-6,9,14,17,20H,7-8,10,19H2. The first-order chi connectivity index (χ1) is 10.2. The Bertz CT molecular complexity index is 644.